The lowest BCUT2D eigenvalue weighted by Crippen LogP contribution is -2.14. The fraction of sp³-hybridized carbons (Fsp3) is 0.125. The summed E-state index contributed by atoms with van der Waals surface area (Å²) in [5.41, 5.74) is 0.627. The summed E-state index contributed by atoms with van der Waals surface area (Å²) in [6.45, 7) is 5.63. The van der Waals surface area contributed by atoms with Crippen molar-refractivity contribution in [2.24, 2.45) is 4.99 Å². The van der Waals surface area contributed by atoms with E-state index in [1.807, 2.05) is 0 Å². The first-order valence-corrected chi connectivity index (χ1v) is 11.3. The van der Waals surface area contributed by atoms with E-state index in [0.717, 1.165) is 11.8 Å². The monoisotopic (exact) mass is 503 g/mol. The molecule has 9 heteroatoms. The van der Waals surface area contributed by atoms with E-state index < -0.39 is 11.9 Å². The van der Waals surface area contributed by atoms with E-state index in [1.165, 1.54) is 6.07 Å². The van der Waals surface area contributed by atoms with Gasteiger partial charge >= 0.3 is 5.97 Å². The zero-order chi connectivity index (χ0) is 24.0. The maximum Gasteiger partial charge on any atom is 0.344 e. The Hall–Kier alpha value is -3.00. The van der Waals surface area contributed by atoms with Gasteiger partial charge in [0.2, 0.25) is 0 Å². The van der Waals surface area contributed by atoms with Gasteiger partial charge in [-0.3, -0.25) is 4.79 Å². The lowest BCUT2D eigenvalue weighted by atomic mass is 10.1. The molecule has 3 rings (SSSR count). The molecule has 1 heterocycles. The van der Waals surface area contributed by atoms with Crippen LogP contribution in [0.25, 0.3) is 6.08 Å². The highest BCUT2D eigenvalue weighted by Crippen LogP contribution is 2.40. The number of aliphatic hydroxyl groups excluding tert-OH is 1. The Morgan fingerprint density at radius 3 is 2.61 bits per heavy atom. The number of thioether (sulfide) groups is 1. The molecule has 170 valence electrons. The van der Waals surface area contributed by atoms with Crippen molar-refractivity contribution >= 4 is 58.0 Å². The number of aliphatic hydroxyl groups is 1. The normalized spacial score (nSPS) is 15.7. The fourth-order valence-corrected chi connectivity index (χ4v) is 4.28. The number of carbonyl (C=O) groups excluding carboxylic acids is 2. The molecule has 2 aromatic carbocycles. The van der Waals surface area contributed by atoms with Gasteiger partial charge in [-0.2, -0.15) is 0 Å². The van der Waals surface area contributed by atoms with Crippen LogP contribution in [0.4, 0.5) is 0 Å². The van der Waals surface area contributed by atoms with Crippen LogP contribution in [0.2, 0.25) is 10.0 Å². The molecule has 1 aliphatic rings. The SMILES string of the molecule is C=CCOc1ccc(/C=C2\SC(=NC(=O)c3ccccc3Cl)C(C(=O)OCC)=C2O)cc1Cl. The number of amides is 1. The Labute approximate surface area is 205 Å². The third kappa shape index (κ3) is 5.87. The number of nitrogens with zero attached hydrogens (tertiary/aromatic N) is 1. The maximum absolute atomic E-state index is 12.7. The minimum atomic E-state index is -0.789. The molecule has 2 aromatic rings. The second kappa shape index (κ2) is 11.2. The van der Waals surface area contributed by atoms with Crippen LogP contribution in [-0.4, -0.2) is 35.2 Å². The maximum atomic E-state index is 12.7. The number of ether oxygens (including phenoxy) is 2. The topological polar surface area (TPSA) is 85.2 Å². The first-order valence-electron chi connectivity index (χ1n) is 9.77. The molecule has 0 bridgehead atoms. The summed E-state index contributed by atoms with van der Waals surface area (Å²) in [6.07, 6.45) is 3.22. The number of esters is 1. The third-order valence-corrected chi connectivity index (χ3v) is 5.93. The Morgan fingerprint density at radius 1 is 1.18 bits per heavy atom. The number of carbonyl (C=O) groups is 2. The number of hydrogen-bond donors (Lipinski definition) is 1. The van der Waals surface area contributed by atoms with Crippen LogP contribution in [0, 0.1) is 0 Å². The van der Waals surface area contributed by atoms with Gasteiger partial charge in [-0.05, 0) is 42.8 Å². The van der Waals surface area contributed by atoms with E-state index in [-0.39, 0.29) is 33.6 Å². The molecule has 0 aromatic heterocycles. The summed E-state index contributed by atoms with van der Waals surface area (Å²) < 4.78 is 10.5. The number of rotatable bonds is 7. The summed E-state index contributed by atoms with van der Waals surface area (Å²) in [7, 11) is 0. The summed E-state index contributed by atoms with van der Waals surface area (Å²) >= 11 is 13.3. The first kappa shape index (κ1) is 24.6. The summed E-state index contributed by atoms with van der Waals surface area (Å²) in [5, 5.41) is 11.4. The Bertz CT molecular complexity index is 1200. The molecule has 1 amide bonds. The van der Waals surface area contributed by atoms with Crippen molar-refractivity contribution in [1.29, 1.82) is 0 Å². The van der Waals surface area contributed by atoms with Crippen molar-refractivity contribution in [3.05, 3.63) is 92.5 Å². The largest absolute Gasteiger partial charge is 0.506 e. The lowest BCUT2D eigenvalue weighted by molar-refractivity contribution is -0.138. The van der Waals surface area contributed by atoms with Gasteiger partial charge in [-0.25, -0.2) is 9.79 Å². The molecule has 0 fully saturated rings. The second-order valence-electron chi connectivity index (χ2n) is 6.55. The van der Waals surface area contributed by atoms with Crippen LogP contribution in [-0.2, 0) is 9.53 Å². The molecule has 0 radical (unpaired) electrons. The van der Waals surface area contributed by atoms with Crippen LogP contribution in [0.15, 0.2) is 76.3 Å². The number of benzene rings is 2. The molecule has 0 atom stereocenters. The van der Waals surface area contributed by atoms with E-state index in [9.17, 15) is 14.7 Å². The van der Waals surface area contributed by atoms with Crippen LogP contribution in [0.5, 0.6) is 5.75 Å². The highest BCUT2D eigenvalue weighted by atomic mass is 35.5. The van der Waals surface area contributed by atoms with Gasteiger partial charge in [0.1, 0.15) is 28.7 Å². The summed E-state index contributed by atoms with van der Waals surface area (Å²) in [4.78, 5) is 29.5. The zero-order valence-electron chi connectivity index (χ0n) is 17.5. The molecule has 0 saturated carbocycles. The smallest absolute Gasteiger partial charge is 0.344 e. The average Bonchev–Trinajstić information content (AvgIpc) is 3.08. The van der Waals surface area contributed by atoms with Gasteiger partial charge in [0.15, 0.2) is 0 Å². The van der Waals surface area contributed by atoms with Gasteiger partial charge in [0, 0.05) is 0 Å². The third-order valence-electron chi connectivity index (χ3n) is 4.29. The van der Waals surface area contributed by atoms with Crippen LogP contribution >= 0.6 is 35.0 Å². The van der Waals surface area contributed by atoms with Crippen molar-refractivity contribution < 1.29 is 24.2 Å². The van der Waals surface area contributed by atoms with E-state index in [2.05, 4.69) is 11.6 Å². The molecule has 33 heavy (non-hydrogen) atoms. The highest BCUT2D eigenvalue weighted by Gasteiger charge is 2.34. The van der Waals surface area contributed by atoms with Crippen molar-refractivity contribution in [2.45, 2.75) is 6.92 Å². The first-order chi connectivity index (χ1) is 15.8. The molecule has 1 aliphatic heterocycles. The predicted octanol–water partition coefficient (Wildman–Crippen LogP) is 6.26. The molecule has 6 nitrogen and oxygen atoms in total. The molecular weight excluding hydrogens is 485 g/mol. The van der Waals surface area contributed by atoms with E-state index in [4.69, 9.17) is 32.7 Å². The Balaban J connectivity index is 1.98. The fourth-order valence-electron chi connectivity index (χ4n) is 2.80. The van der Waals surface area contributed by atoms with Gasteiger partial charge in [0.05, 0.1) is 27.1 Å². The zero-order valence-corrected chi connectivity index (χ0v) is 19.8. The average molecular weight is 504 g/mol. The number of hydrogen-bond acceptors (Lipinski definition) is 6. The van der Waals surface area contributed by atoms with E-state index in [0.29, 0.717) is 27.8 Å². The molecule has 0 unspecified atom stereocenters. The van der Waals surface area contributed by atoms with Crippen molar-refractivity contribution in [1.82, 2.24) is 0 Å². The summed E-state index contributed by atoms with van der Waals surface area (Å²) in [5.74, 6) is -1.29. The number of halogens is 2. The predicted molar refractivity (Wildman–Crippen MR) is 132 cm³/mol. The van der Waals surface area contributed by atoms with Gasteiger partial charge in [-0.1, -0.05) is 65.8 Å². The number of aliphatic imine (C=N–C) groups is 1. The van der Waals surface area contributed by atoms with Gasteiger partial charge in [-0.15, -0.1) is 0 Å². The molecule has 0 saturated heterocycles. The Morgan fingerprint density at radius 2 is 1.94 bits per heavy atom. The van der Waals surface area contributed by atoms with Crippen molar-refractivity contribution in [3.8, 4) is 5.75 Å². The van der Waals surface area contributed by atoms with E-state index >= 15 is 0 Å². The van der Waals surface area contributed by atoms with Gasteiger partial charge in [0.25, 0.3) is 5.91 Å². The van der Waals surface area contributed by atoms with Crippen molar-refractivity contribution in [2.75, 3.05) is 13.2 Å². The minimum absolute atomic E-state index is 0.0131. The lowest BCUT2D eigenvalue weighted by Gasteiger charge is -2.06. The van der Waals surface area contributed by atoms with Gasteiger partial charge < -0.3 is 14.6 Å². The quantitative estimate of drug-likeness (QED) is 0.354. The highest BCUT2D eigenvalue weighted by molar-refractivity contribution is 8.18. The van der Waals surface area contributed by atoms with Crippen LogP contribution < -0.4 is 4.74 Å². The van der Waals surface area contributed by atoms with Crippen LogP contribution in [0.3, 0.4) is 0 Å². The Kier molecular flexibility index (Phi) is 8.38. The van der Waals surface area contributed by atoms with Crippen molar-refractivity contribution in [3.63, 3.8) is 0 Å². The standard InChI is InChI=1S/C24H19Cl2NO5S/c1-3-11-32-18-10-9-14(12-17(18)26)13-19-21(28)20(24(30)31-4-2)23(33-19)27-22(29)15-7-5-6-8-16(15)25/h3,5-10,12-13,28H,1,4,11H2,2H3/b19-13-,27-23?. The molecule has 0 aliphatic carbocycles. The second-order valence-corrected chi connectivity index (χ2v) is 8.39. The summed E-state index contributed by atoms with van der Waals surface area (Å²) in [6, 6.07) is 11.5. The minimum Gasteiger partial charge on any atom is -0.506 e. The molecular formula is C24H19Cl2NO5S. The van der Waals surface area contributed by atoms with Crippen LogP contribution in [0.1, 0.15) is 22.8 Å². The molecule has 0 spiro atoms. The molecule has 1 N–H and O–H groups in total. The van der Waals surface area contributed by atoms with E-state index in [1.54, 1.807) is 55.5 Å².